The number of likely N-dealkylation sites (tertiary alicyclic amines) is 1. The summed E-state index contributed by atoms with van der Waals surface area (Å²) in [6, 6.07) is 3.40. The van der Waals surface area contributed by atoms with E-state index in [4.69, 9.17) is 4.74 Å². The number of ether oxygens (including phenoxy) is 1. The smallest absolute Gasteiger partial charge is 0.410 e. The maximum atomic E-state index is 13.3. The third kappa shape index (κ3) is 5.44. The van der Waals surface area contributed by atoms with Crippen LogP contribution < -0.4 is 0 Å². The Hall–Kier alpha value is -2.11. The number of carbonyl (C=O) groups is 2. The van der Waals surface area contributed by atoms with Gasteiger partial charge in [0.1, 0.15) is 11.6 Å². The molecule has 26 heavy (non-hydrogen) atoms. The second-order valence-electron chi connectivity index (χ2n) is 8.11. The molecule has 6 heteroatoms. The summed E-state index contributed by atoms with van der Waals surface area (Å²) in [5.41, 5.74) is 0.407. The van der Waals surface area contributed by atoms with E-state index in [0.717, 1.165) is 18.4 Å². The van der Waals surface area contributed by atoms with Crippen LogP contribution in [0.5, 0.6) is 0 Å². The predicted molar refractivity (Wildman–Crippen MR) is 101 cm³/mol. The van der Waals surface area contributed by atoms with Crippen LogP contribution in [-0.4, -0.2) is 51.0 Å². The maximum Gasteiger partial charge on any atom is 0.410 e. The molecule has 0 radical (unpaired) electrons. The molecule has 0 N–H and O–H groups in total. The van der Waals surface area contributed by atoms with Gasteiger partial charge in [-0.25, -0.2) is 4.79 Å². The van der Waals surface area contributed by atoms with Gasteiger partial charge < -0.3 is 9.64 Å². The van der Waals surface area contributed by atoms with Crippen LogP contribution in [-0.2, 0) is 16.1 Å². The zero-order valence-corrected chi connectivity index (χ0v) is 16.6. The largest absolute Gasteiger partial charge is 0.444 e. The van der Waals surface area contributed by atoms with E-state index in [-0.39, 0.29) is 11.9 Å². The number of nitrogens with zero attached hydrogens (tertiary/aromatic N) is 3. The van der Waals surface area contributed by atoms with E-state index < -0.39 is 17.7 Å². The third-order valence-corrected chi connectivity index (χ3v) is 4.40. The summed E-state index contributed by atoms with van der Waals surface area (Å²) in [6.45, 7) is 10.6. The van der Waals surface area contributed by atoms with Gasteiger partial charge in [-0.1, -0.05) is 6.07 Å². The van der Waals surface area contributed by atoms with Crippen molar-refractivity contribution in [2.45, 2.75) is 78.1 Å². The van der Waals surface area contributed by atoms with Crippen molar-refractivity contribution in [3.8, 4) is 0 Å². The standard InChI is InChI=1S/C20H31N3O3/c1-15(2)23(14-16-9-8-11-21-13-16)18(24)17-10-6-7-12-22(17)19(25)26-20(3,4)5/h8-9,11,13,15,17H,6-7,10,12,14H2,1-5H3/t17-/m0/s1. The van der Waals surface area contributed by atoms with Gasteiger partial charge in [0.15, 0.2) is 0 Å². The summed E-state index contributed by atoms with van der Waals surface area (Å²) in [7, 11) is 0. The Morgan fingerprint density at radius 3 is 2.65 bits per heavy atom. The molecule has 0 unspecified atom stereocenters. The lowest BCUT2D eigenvalue weighted by Gasteiger charge is -2.39. The van der Waals surface area contributed by atoms with E-state index in [1.807, 2.05) is 51.7 Å². The molecule has 1 aliphatic rings. The molecule has 2 heterocycles. The lowest BCUT2D eigenvalue weighted by molar-refractivity contribution is -0.140. The highest BCUT2D eigenvalue weighted by molar-refractivity contribution is 5.86. The van der Waals surface area contributed by atoms with Gasteiger partial charge in [0.25, 0.3) is 0 Å². The fourth-order valence-electron chi connectivity index (χ4n) is 3.12. The monoisotopic (exact) mass is 361 g/mol. The molecule has 0 aliphatic carbocycles. The molecule has 1 aromatic rings. The normalized spacial score (nSPS) is 17.9. The van der Waals surface area contributed by atoms with Crippen LogP contribution in [0.25, 0.3) is 0 Å². The second-order valence-corrected chi connectivity index (χ2v) is 8.11. The summed E-state index contributed by atoms with van der Waals surface area (Å²) < 4.78 is 5.52. The molecule has 6 nitrogen and oxygen atoms in total. The summed E-state index contributed by atoms with van der Waals surface area (Å²) >= 11 is 0. The van der Waals surface area contributed by atoms with E-state index >= 15 is 0 Å². The van der Waals surface area contributed by atoms with Crippen molar-refractivity contribution in [2.24, 2.45) is 0 Å². The molecule has 1 saturated heterocycles. The molecule has 0 aromatic carbocycles. The number of pyridine rings is 1. The SMILES string of the molecule is CC(C)N(Cc1cccnc1)C(=O)[C@@H]1CCCCN1C(=O)OC(C)(C)C. The van der Waals surface area contributed by atoms with Gasteiger partial charge >= 0.3 is 6.09 Å². The lowest BCUT2D eigenvalue weighted by Crippen LogP contribution is -2.55. The summed E-state index contributed by atoms with van der Waals surface area (Å²) in [6.07, 6.45) is 5.60. The predicted octanol–water partition coefficient (Wildman–Crippen LogP) is 3.61. The fourth-order valence-corrected chi connectivity index (χ4v) is 3.12. The molecule has 0 saturated carbocycles. The lowest BCUT2D eigenvalue weighted by atomic mass is 10.0. The zero-order chi connectivity index (χ0) is 19.3. The average molecular weight is 361 g/mol. The van der Waals surface area contributed by atoms with Crippen molar-refractivity contribution in [2.75, 3.05) is 6.54 Å². The number of rotatable bonds is 4. The van der Waals surface area contributed by atoms with Gasteiger partial charge in [-0.15, -0.1) is 0 Å². The Morgan fingerprint density at radius 2 is 2.08 bits per heavy atom. The van der Waals surface area contributed by atoms with E-state index in [2.05, 4.69) is 4.98 Å². The first kappa shape index (κ1) is 20.2. The van der Waals surface area contributed by atoms with Gasteiger partial charge in [-0.2, -0.15) is 0 Å². The van der Waals surface area contributed by atoms with Crippen LogP contribution in [0.3, 0.4) is 0 Å². The molecule has 1 aliphatic heterocycles. The minimum Gasteiger partial charge on any atom is -0.444 e. The highest BCUT2D eigenvalue weighted by Crippen LogP contribution is 2.23. The van der Waals surface area contributed by atoms with Crippen LogP contribution in [0.1, 0.15) is 59.4 Å². The molecule has 144 valence electrons. The molecule has 1 atom stereocenters. The Bertz CT molecular complexity index is 610. The number of carbonyl (C=O) groups excluding carboxylic acids is 2. The van der Waals surface area contributed by atoms with E-state index in [9.17, 15) is 9.59 Å². The minimum atomic E-state index is -0.574. The van der Waals surface area contributed by atoms with Gasteiger partial charge in [0.05, 0.1) is 0 Å². The van der Waals surface area contributed by atoms with Crippen molar-refractivity contribution < 1.29 is 14.3 Å². The molecular formula is C20H31N3O3. The van der Waals surface area contributed by atoms with Crippen molar-refractivity contribution in [1.82, 2.24) is 14.8 Å². The number of amides is 2. The Labute approximate surface area is 156 Å². The Balaban J connectivity index is 2.17. The first-order valence-electron chi connectivity index (χ1n) is 9.38. The fraction of sp³-hybridized carbons (Fsp3) is 0.650. The van der Waals surface area contributed by atoms with Crippen molar-refractivity contribution in [1.29, 1.82) is 0 Å². The Kier molecular flexibility index (Phi) is 6.62. The maximum absolute atomic E-state index is 13.3. The average Bonchev–Trinajstić information content (AvgIpc) is 2.58. The van der Waals surface area contributed by atoms with Gasteiger partial charge in [0, 0.05) is 31.5 Å². The molecule has 0 bridgehead atoms. The molecule has 1 aromatic heterocycles. The number of piperidine rings is 1. The highest BCUT2D eigenvalue weighted by Gasteiger charge is 2.37. The van der Waals surface area contributed by atoms with Crippen LogP contribution >= 0.6 is 0 Å². The summed E-state index contributed by atoms with van der Waals surface area (Å²) in [5.74, 6) is -0.0191. The van der Waals surface area contributed by atoms with Crippen molar-refractivity contribution >= 4 is 12.0 Å². The molecule has 0 spiro atoms. The van der Waals surface area contributed by atoms with Crippen LogP contribution in [0.2, 0.25) is 0 Å². The van der Waals surface area contributed by atoms with Crippen LogP contribution in [0.15, 0.2) is 24.5 Å². The summed E-state index contributed by atoms with van der Waals surface area (Å²) in [4.78, 5) is 33.4. The summed E-state index contributed by atoms with van der Waals surface area (Å²) in [5, 5.41) is 0. The third-order valence-electron chi connectivity index (χ3n) is 4.40. The first-order chi connectivity index (χ1) is 12.2. The van der Waals surface area contributed by atoms with Crippen molar-refractivity contribution in [3.63, 3.8) is 0 Å². The highest BCUT2D eigenvalue weighted by atomic mass is 16.6. The number of hydrogen-bond acceptors (Lipinski definition) is 4. The van der Waals surface area contributed by atoms with Gasteiger partial charge in [-0.05, 0) is 65.5 Å². The van der Waals surface area contributed by atoms with E-state index in [1.165, 1.54) is 0 Å². The molecule has 2 rings (SSSR count). The molecule has 1 fully saturated rings. The zero-order valence-electron chi connectivity index (χ0n) is 16.6. The molecule has 2 amide bonds. The van der Waals surface area contributed by atoms with E-state index in [1.54, 1.807) is 17.3 Å². The minimum absolute atomic E-state index is 0.0191. The van der Waals surface area contributed by atoms with Crippen molar-refractivity contribution in [3.05, 3.63) is 30.1 Å². The van der Waals surface area contributed by atoms with E-state index in [0.29, 0.717) is 19.5 Å². The Morgan fingerprint density at radius 1 is 1.35 bits per heavy atom. The van der Waals surface area contributed by atoms with Gasteiger partial charge in [0.2, 0.25) is 5.91 Å². The number of hydrogen-bond donors (Lipinski definition) is 0. The number of aromatic nitrogens is 1. The molecular weight excluding hydrogens is 330 g/mol. The first-order valence-corrected chi connectivity index (χ1v) is 9.38. The quantitative estimate of drug-likeness (QED) is 0.822. The topological polar surface area (TPSA) is 62.7 Å². The second kappa shape index (κ2) is 8.52. The van der Waals surface area contributed by atoms with Crippen LogP contribution in [0.4, 0.5) is 4.79 Å². The van der Waals surface area contributed by atoms with Gasteiger partial charge in [-0.3, -0.25) is 14.7 Å². The van der Waals surface area contributed by atoms with Crippen LogP contribution in [0, 0.1) is 0 Å².